The molecule has 10 rings (SSSR count). The van der Waals surface area contributed by atoms with Gasteiger partial charge in [-0.1, -0.05) is 0 Å². The van der Waals surface area contributed by atoms with Crippen molar-refractivity contribution in [3.05, 3.63) is 112 Å². The zero-order valence-electron chi connectivity index (χ0n) is 43.7. The molecule has 0 bridgehead atoms. The van der Waals surface area contributed by atoms with E-state index in [1.165, 1.54) is 43.4 Å². The molecule has 4 aliphatic heterocycles. The number of nitrogens with one attached hydrogen (secondary N) is 3. The van der Waals surface area contributed by atoms with Gasteiger partial charge in [0.05, 0.1) is 77.5 Å². The summed E-state index contributed by atoms with van der Waals surface area (Å²) in [7, 11) is 4.14. The number of methoxy groups -OCH3 is 3. The number of fused-ring (bicyclic) bond motifs is 2. The van der Waals surface area contributed by atoms with Gasteiger partial charge in [0.1, 0.15) is 35.0 Å². The summed E-state index contributed by atoms with van der Waals surface area (Å²) in [4.78, 5) is 64.1. The molecule has 23 heteroatoms. The summed E-state index contributed by atoms with van der Waals surface area (Å²) in [6.07, 6.45) is -3.22. The fourth-order valence-electron chi connectivity index (χ4n) is 11.8. The van der Waals surface area contributed by atoms with Crippen LogP contribution in [0, 0.1) is 23.3 Å². The Labute approximate surface area is 445 Å². The molecular formula is C55H61F7N10O6. The van der Waals surface area contributed by atoms with Gasteiger partial charge in [-0.25, -0.2) is 32.3 Å². The Morgan fingerprint density at radius 1 is 0.654 bits per heavy atom. The number of H-pyrrole nitrogens is 2. The fourth-order valence-corrected chi connectivity index (χ4v) is 11.8. The number of alkyl carbamates (subject to hydrolysis) is 1. The van der Waals surface area contributed by atoms with Crippen LogP contribution in [-0.2, 0) is 30.0 Å². The number of aromatic nitrogens is 4. The SMILES string of the molecule is COC(=O)N[C@H](C(=O)N1CCC[C@H]1c1nc2cc(F)c([C@H]3CC[C@H](c4cc5[nH]c([C@@H]6CCCN6C(=O)C[C@@H](C)OC)nc5cc4F)N3c3cc(F)c(N4CCN(c5ccc(C(F)(F)F)cc5)CC4)c(F)c3)cc2[nH]1)[C@@H](C)OC. The lowest BCUT2D eigenvalue weighted by molar-refractivity contribution is -0.138. The highest BCUT2D eigenvalue weighted by atomic mass is 19.4. The maximum atomic E-state index is 16.9. The van der Waals surface area contributed by atoms with Crippen molar-refractivity contribution in [2.24, 2.45) is 0 Å². The minimum atomic E-state index is -4.50. The third-order valence-corrected chi connectivity index (χ3v) is 16.0. The lowest BCUT2D eigenvalue weighted by atomic mass is 10.0. The molecule has 3 amide bonds. The largest absolute Gasteiger partial charge is 0.453 e. The molecule has 6 aromatic rings. The van der Waals surface area contributed by atoms with Crippen molar-refractivity contribution in [3.8, 4) is 0 Å². The van der Waals surface area contributed by atoms with E-state index in [1.54, 1.807) is 40.9 Å². The topological polar surface area (TPSA) is 164 Å². The number of carbonyl (C=O) groups excluding carboxylic acids is 3. The van der Waals surface area contributed by atoms with Crippen LogP contribution in [0.15, 0.2) is 60.7 Å². The van der Waals surface area contributed by atoms with Crippen molar-refractivity contribution >= 4 is 57.0 Å². The molecule has 0 unspecified atom stereocenters. The average Bonchev–Trinajstić information content (AvgIpc) is 4.45. The number of carbonyl (C=O) groups is 3. The van der Waals surface area contributed by atoms with E-state index in [1.807, 2.05) is 11.8 Å². The second-order valence-corrected chi connectivity index (χ2v) is 20.6. The van der Waals surface area contributed by atoms with Crippen LogP contribution in [0.1, 0.15) is 111 Å². The van der Waals surface area contributed by atoms with E-state index in [4.69, 9.17) is 24.2 Å². The van der Waals surface area contributed by atoms with E-state index in [-0.39, 0.29) is 91.5 Å². The summed E-state index contributed by atoms with van der Waals surface area (Å²) in [5.41, 5.74) is 1.21. The van der Waals surface area contributed by atoms with Crippen molar-refractivity contribution in [1.29, 1.82) is 0 Å². The lowest BCUT2D eigenvalue weighted by Gasteiger charge is -2.38. The van der Waals surface area contributed by atoms with Crippen LogP contribution in [0.3, 0.4) is 0 Å². The van der Waals surface area contributed by atoms with Crippen LogP contribution in [0.5, 0.6) is 0 Å². The molecule has 78 heavy (non-hydrogen) atoms. The predicted molar refractivity (Wildman–Crippen MR) is 276 cm³/mol. The number of amides is 3. The number of halogens is 7. The highest BCUT2D eigenvalue weighted by Gasteiger charge is 2.42. The van der Waals surface area contributed by atoms with E-state index < -0.39 is 77.3 Å². The molecule has 7 atom stereocenters. The van der Waals surface area contributed by atoms with Crippen molar-refractivity contribution in [3.63, 3.8) is 0 Å². The number of hydrogen-bond donors (Lipinski definition) is 3. The molecule has 0 saturated carbocycles. The summed E-state index contributed by atoms with van der Waals surface area (Å²) in [6, 6.07) is 8.93. The molecule has 4 fully saturated rings. The lowest BCUT2D eigenvalue weighted by Crippen LogP contribution is -2.54. The van der Waals surface area contributed by atoms with Crippen LogP contribution in [0.4, 0.5) is 52.6 Å². The molecular weight excluding hydrogens is 1030 g/mol. The molecule has 0 radical (unpaired) electrons. The number of alkyl halides is 3. The summed E-state index contributed by atoms with van der Waals surface area (Å²) in [5, 5.41) is 2.56. The van der Waals surface area contributed by atoms with Crippen molar-refractivity contribution in [1.82, 2.24) is 35.1 Å². The van der Waals surface area contributed by atoms with Gasteiger partial charge in [0.2, 0.25) is 11.8 Å². The van der Waals surface area contributed by atoms with Gasteiger partial charge >= 0.3 is 12.3 Å². The molecule has 3 N–H and O–H groups in total. The molecule has 2 aromatic heterocycles. The van der Waals surface area contributed by atoms with Crippen LogP contribution in [0.2, 0.25) is 0 Å². The number of benzene rings is 4. The van der Waals surface area contributed by atoms with Gasteiger partial charge in [-0.15, -0.1) is 0 Å². The second-order valence-electron chi connectivity index (χ2n) is 20.6. The van der Waals surface area contributed by atoms with E-state index in [0.29, 0.717) is 66.2 Å². The minimum Gasteiger partial charge on any atom is -0.453 e. The van der Waals surface area contributed by atoms with Gasteiger partial charge in [0.15, 0.2) is 11.6 Å². The van der Waals surface area contributed by atoms with E-state index in [2.05, 4.69) is 15.3 Å². The first-order valence-corrected chi connectivity index (χ1v) is 26.2. The third-order valence-electron chi connectivity index (χ3n) is 16.0. The van der Waals surface area contributed by atoms with Crippen molar-refractivity contribution in [2.75, 3.05) is 75.3 Å². The first-order chi connectivity index (χ1) is 37.3. The molecule has 4 aliphatic rings. The van der Waals surface area contributed by atoms with Crippen molar-refractivity contribution in [2.45, 2.75) is 107 Å². The van der Waals surface area contributed by atoms with E-state index in [0.717, 1.165) is 30.7 Å². The normalized spacial score (nSPS) is 21.3. The average molecular weight is 1090 g/mol. The Bertz CT molecular complexity index is 3180. The maximum absolute atomic E-state index is 16.9. The molecule has 16 nitrogen and oxygen atoms in total. The van der Waals surface area contributed by atoms with Gasteiger partial charge < -0.3 is 54.0 Å². The predicted octanol–water partition coefficient (Wildman–Crippen LogP) is 9.94. The highest BCUT2D eigenvalue weighted by Crippen LogP contribution is 2.50. The maximum Gasteiger partial charge on any atom is 0.416 e. The summed E-state index contributed by atoms with van der Waals surface area (Å²) in [5.74, 6) is -2.84. The van der Waals surface area contributed by atoms with Gasteiger partial charge in [0.25, 0.3) is 0 Å². The van der Waals surface area contributed by atoms with Gasteiger partial charge in [-0.3, -0.25) is 9.59 Å². The van der Waals surface area contributed by atoms with Crippen LogP contribution in [-0.4, -0.2) is 126 Å². The van der Waals surface area contributed by atoms with Crippen molar-refractivity contribution < 1.29 is 59.3 Å². The number of hydrogen-bond acceptors (Lipinski definition) is 11. The molecule has 0 aliphatic carbocycles. The first kappa shape index (κ1) is 54.2. The quantitative estimate of drug-likeness (QED) is 0.0890. The van der Waals surface area contributed by atoms with Crippen LogP contribution in [0.25, 0.3) is 22.1 Å². The van der Waals surface area contributed by atoms with Crippen LogP contribution >= 0.6 is 0 Å². The highest BCUT2D eigenvalue weighted by molar-refractivity contribution is 5.87. The smallest absolute Gasteiger partial charge is 0.416 e. The number of anilines is 3. The Kier molecular flexibility index (Phi) is 15.3. The zero-order chi connectivity index (χ0) is 55.3. The standard InChI is InChI=1S/C55H61F7N10O6/c1-29(76-3)22-48(73)70-16-6-8-46(70)51-63-40-25-34(36(56)27-42(40)65-51)44-14-15-45(72(44)33-23-38(58)50(39(59)24-33)69-20-18-68(19-21-69)32-12-10-31(11-13-32)55(60,61)62)35-26-41-43(28-37(35)57)66-52(64-41)47-9-7-17-71(47)53(74)49(30(2)77-4)67-54(75)78-5/h10-13,23-30,44-47,49H,6-9,14-22H2,1-5H3,(H,63,65)(H,64,66)(H,67,75)/t29-,30-,44-,45-,46+,47+,49+/m1/s1. The second kappa shape index (κ2) is 21.9. The molecule has 4 saturated heterocycles. The van der Waals surface area contributed by atoms with Gasteiger partial charge in [-0.05, 0) is 101 Å². The molecule has 416 valence electrons. The number of ether oxygens (including phenoxy) is 3. The Morgan fingerprint density at radius 3 is 1.69 bits per heavy atom. The Balaban J connectivity index is 0.984. The third kappa shape index (κ3) is 10.5. The minimum absolute atomic E-state index is 0.0187. The number of piperazine rings is 1. The summed E-state index contributed by atoms with van der Waals surface area (Å²) >= 11 is 0. The number of likely N-dealkylation sites (tertiary alicyclic amines) is 2. The van der Waals surface area contributed by atoms with Crippen LogP contribution < -0.4 is 20.0 Å². The van der Waals surface area contributed by atoms with E-state index in [9.17, 15) is 27.6 Å². The number of rotatable bonds is 14. The van der Waals surface area contributed by atoms with Gasteiger partial charge in [-0.2, -0.15) is 13.2 Å². The summed E-state index contributed by atoms with van der Waals surface area (Å²) in [6.45, 7) is 5.11. The molecule has 4 aromatic carbocycles. The fraction of sp³-hybridized carbons (Fsp3) is 0.473. The first-order valence-electron chi connectivity index (χ1n) is 26.2. The monoisotopic (exact) mass is 1090 g/mol. The molecule has 6 heterocycles. The zero-order valence-corrected chi connectivity index (χ0v) is 43.7. The Morgan fingerprint density at radius 2 is 1.18 bits per heavy atom. The van der Waals surface area contributed by atoms with Gasteiger partial charge in [0, 0.05) is 88.1 Å². The summed E-state index contributed by atoms with van der Waals surface area (Å²) < 4.78 is 123. The number of aromatic amines is 2. The number of nitrogens with zero attached hydrogens (tertiary/aromatic N) is 7. The Hall–Kier alpha value is -7.14. The molecule has 0 spiro atoms. The number of imidazole rings is 2. The van der Waals surface area contributed by atoms with E-state index >= 15 is 17.6 Å².